The van der Waals surface area contributed by atoms with E-state index < -0.39 is 0 Å². The minimum atomic E-state index is 0.780. The average Bonchev–Trinajstić information content (AvgIpc) is 2.69. The van der Waals surface area contributed by atoms with Gasteiger partial charge in [-0.05, 0) is 48.5 Å². The van der Waals surface area contributed by atoms with Crippen LogP contribution in [0.15, 0.2) is 73.1 Å². The van der Waals surface area contributed by atoms with Crippen molar-refractivity contribution in [1.29, 1.82) is 0 Å². The Bertz CT molecular complexity index is 759. The van der Waals surface area contributed by atoms with Gasteiger partial charge in [0.05, 0.1) is 5.69 Å². The van der Waals surface area contributed by atoms with Crippen molar-refractivity contribution in [2.75, 3.05) is 30.7 Å². The number of nitrogens with zero attached hydrogens (tertiary/aromatic N) is 3. The number of aromatic nitrogens is 2. The van der Waals surface area contributed by atoms with Crippen LogP contribution >= 0.6 is 0 Å². The molecule has 0 fully saturated rings. The molecule has 3 N–H and O–H groups in total. The van der Waals surface area contributed by atoms with Crippen molar-refractivity contribution < 1.29 is 0 Å². The molecule has 0 bridgehead atoms. The Kier molecular flexibility index (Phi) is 6.56. The first-order valence-corrected chi connectivity index (χ1v) is 8.91. The summed E-state index contributed by atoms with van der Waals surface area (Å²) in [4.78, 5) is 11.3. The third kappa shape index (κ3) is 5.86. The fourth-order valence-corrected chi connectivity index (χ4v) is 2.77. The molecule has 2 aromatic heterocycles. The van der Waals surface area contributed by atoms with E-state index in [0.29, 0.717) is 0 Å². The van der Waals surface area contributed by atoms with Gasteiger partial charge in [0, 0.05) is 62.1 Å². The van der Waals surface area contributed by atoms with E-state index in [9.17, 15) is 0 Å². The van der Waals surface area contributed by atoms with Gasteiger partial charge in [-0.25, -0.2) is 0 Å². The third-order valence-corrected chi connectivity index (χ3v) is 4.19. The first-order valence-electron chi connectivity index (χ1n) is 8.91. The molecule has 2 heterocycles. The highest BCUT2D eigenvalue weighted by molar-refractivity contribution is 5.51. The first kappa shape index (κ1) is 17.9. The molecular weight excluding hydrogens is 322 g/mol. The molecule has 0 amide bonds. The molecule has 134 valence electrons. The zero-order chi connectivity index (χ0) is 18.0. The fourth-order valence-electron chi connectivity index (χ4n) is 2.77. The second kappa shape index (κ2) is 9.53. The van der Waals surface area contributed by atoms with Gasteiger partial charge in [-0.15, -0.1) is 0 Å². The SMILES string of the molecule is Nc1ccc(NCCN(CCc2ccccn2)Cc2ccccn2)cc1. The standard InChI is InChI=1S/C21H25N5/c22-18-7-9-20(10-8-18)25-14-16-26(17-21-6-2-4-13-24-21)15-11-19-5-1-3-12-23-19/h1-10,12-13,25H,11,14-17,22H2. The fraction of sp³-hybridized carbons (Fsp3) is 0.238. The van der Waals surface area contributed by atoms with Crippen LogP contribution in [0.25, 0.3) is 0 Å². The molecule has 0 saturated carbocycles. The predicted molar refractivity (Wildman–Crippen MR) is 107 cm³/mol. The Balaban J connectivity index is 1.55. The van der Waals surface area contributed by atoms with Crippen LogP contribution in [-0.4, -0.2) is 34.5 Å². The van der Waals surface area contributed by atoms with Crippen molar-refractivity contribution in [2.45, 2.75) is 13.0 Å². The van der Waals surface area contributed by atoms with Gasteiger partial charge >= 0.3 is 0 Å². The second-order valence-corrected chi connectivity index (χ2v) is 6.22. The summed E-state index contributed by atoms with van der Waals surface area (Å²) in [6.07, 6.45) is 4.62. The molecule has 3 rings (SSSR count). The van der Waals surface area contributed by atoms with Crippen molar-refractivity contribution in [3.05, 3.63) is 84.4 Å². The molecular formula is C21H25N5. The minimum Gasteiger partial charge on any atom is -0.399 e. The van der Waals surface area contributed by atoms with Crippen molar-refractivity contribution in [2.24, 2.45) is 0 Å². The van der Waals surface area contributed by atoms with Crippen LogP contribution in [0.3, 0.4) is 0 Å². The van der Waals surface area contributed by atoms with Crippen LogP contribution in [0.2, 0.25) is 0 Å². The van der Waals surface area contributed by atoms with E-state index >= 15 is 0 Å². The van der Waals surface area contributed by atoms with E-state index in [2.05, 4.69) is 32.3 Å². The average molecular weight is 347 g/mol. The van der Waals surface area contributed by atoms with Gasteiger partial charge < -0.3 is 11.1 Å². The molecule has 0 aliphatic heterocycles. The maximum absolute atomic E-state index is 5.74. The number of pyridine rings is 2. The highest BCUT2D eigenvalue weighted by Crippen LogP contribution is 2.10. The van der Waals surface area contributed by atoms with E-state index in [1.54, 1.807) is 0 Å². The van der Waals surface area contributed by atoms with Crippen molar-refractivity contribution in [3.63, 3.8) is 0 Å². The van der Waals surface area contributed by atoms with Crippen LogP contribution in [-0.2, 0) is 13.0 Å². The van der Waals surface area contributed by atoms with Gasteiger partial charge in [0.25, 0.3) is 0 Å². The number of anilines is 2. The van der Waals surface area contributed by atoms with E-state index in [1.165, 1.54) is 0 Å². The van der Waals surface area contributed by atoms with Gasteiger partial charge in [-0.3, -0.25) is 14.9 Å². The lowest BCUT2D eigenvalue weighted by molar-refractivity contribution is 0.275. The Morgan fingerprint density at radius 3 is 2.15 bits per heavy atom. The molecule has 5 heteroatoms. The Morgan fingerprint density at radius 2 is 1.50 bits per heavy atom. The van der Waals surface area contributed by atoms with Gasteiger partial charge in [-0.2, -0.15) is 0 Å². The summed E-state index contributed by atoms with van der Waals surface area (Å²) < 4.78 is 0. The number of nitrogens with one attached hydrogen (secondary N) is 1. The minimum absolute atomic E-state index is 0.780. The van der Waals surface area contributed by atoms with Gasteiger partial charge in [0.15, 0.2) is 0 Å². The number of hydrogen-bond acceptors (Lipinski definition) is 5. The molecule has 0 atom stereocenters. The number of hydrogen-bond donors (Lipinski definition) is 2. The summed E-state index contributed by atoms with van der Waals surface area (Å²) in [5.41, 5.74) is 9.80. The highest BCUT2D eigenvalue weighted by atomic mass is 15.1. The number of rotatable bonds is 9. The van der Waals surface area contributed by atoms with Crippen molar-refractivity contribution in [1.82, 2.24) is 14.9 Å². The van der Waals surface area contributed by atoms with E-state index in [-0.39, 0.29) is 0 Å². The Hall–Kier alpha value is -2.92. The van der Waals surface area contributed by atoms with Crippen molar-refractivity contribution in [3.8, 4) is 0 Å². The predicted octanol–water partition coefficient (Wildman–Crippen LogP) is 3.22. The smallest absolute Gasteiger partial charge is 0.0543 e. The molecule has 1 aromatic carbocycles. The summed E-state index contributed by atoms with van der Waals surface area (Å²) in [7, 11) is 0. The zero-order valence-electron chi connectivity index (χ0n) is 14.9. The first-order chi connectivity index (χ1) is 12.8. The Labute approximate surface area is 154 Å². The monoisotopic (exact) mass is 347 g/mol. The highest BCUT2D eigenvalue weighted by Gasteiger charge is 2.08. The summed E-state index contributed by atoms with van der Waals surface area (Å²) in [5, 5.41) is 3.45. The van der Waals surface area contributed by atoms with Crippen LogP contribution in [0.5, 0.6) is 0 Å². The molecule has 0 spiro atoms. The lowest BCUT2D eigenvalue weighted by Gasteiger charge is -2.22. The third-order valence-electron chi connectivity index (χ3n) is 4.19. The summed E-state index contributed by atoms with van der Waals surface area (Å²) >= 11 is 0. The molecule has 5 nitrogen and oxygen atoms in total. The summed E-state index contributed by atoms with van der Waals surface area (Å²) in [5.74, 6) is 0. The number of nitrogen functional groups attached to an aromatic ring is 1. The van der Waals surface area contributed by atoms with Gasteiger partial charge in [0.1, 0.15) is 0 Å². The maximum atomic E-state index is 5.74. The lowest BCUT2D eigenvalue weighted by Crippen LogP contribution is -2.31. The molecule has 0 radical (unpaired) electrons. The van der Waals surface area contributed by atoms with Crippen LogP contribution in [0.1, 0.15) is 11.4 Å². The lowest BCUT2D eigenvalue weighted by atomic mass is 10.2. The van der Waals surface area contributed by atoms with Gasteiger partial charge in [0.2, 0.25) is 0 Å². The molecule has 0 aliphatic rings. The number of nitrogens with two attached hydrogens (primary N) is 1. The molecule has 0 aliphatic carbocycles. The summed E-state index contributed by atoms with van der Waals surface area (Å²) in [6, 6.07) is 19.9. The second-order valence-electron chi connectivity index (χ2n) is 6.22. The summed E-state index contributed by atoms with van der Waals surface area (Å²) in [6.45, 7) is 3.56. The van der Waals surface area contributed by atoms with Gasteiger partial charge in [-0.1, -0.05) is 12.1 Å². The van der Waals surface area contributed by atoms with Crippen molar-refractivity contribution >= 4 is 11.4 Å². The van der Waals surface area contributed by atoms with Crippen LogP contribution in [0, 0.1) is 0 Å². The molecule has 3 aromatic rings. The van der Waals surface area contributed by atoms with E-state index in [4.69, 9.17) is 5.73 Å². The van der Waals surface area contributed by atoms with Crippen LogP contribution < -0.4 is 11.1 Å². The van der Waals surface area contributed by atoms with E-state index in [0.717, 1.165) is 55.4 Å². The topological polar surface area (TPSA) is 67.1 Å². The quantitative estimate of drug-likeness (QED) is 0.582. The maximum Gasteiger partial charge on any atom is 0.0543 e. The Morgan fingerprint density at radius 1 is 0.808 bits per heavy atom. The molecule has 0 saturated heterocycles. The van der Waals surface area contributed by atoms with E-state index in [1.807, 2.05) is 60.9 Å². The number of benzene rings is 1. The zero-order valence-corrected chi connectivity index (χ0v) is 14.9. The molecule has 26 heavy (non-hydrogen) atoms. The normalized spacial score (nSPS) is 10.8. The molecule has 0 unspecified atom stereocenters. The van der Waals surface area contributed by atoms with Crippen LogP contribution in [0.4, 0.5) is 11.4 Å². The largest absolute Gasteiger partial charge is 0.399 e.